The first-order chi connectivity index (χ1) is 21.1. The van der Waals surface area contributed by atoms with E-state index in [2.05, 4.69) is 0 Å². The maximum Gasteiger partial charge on any atom is 0.342 e. The van der Waals surface area contributed by atoms with Crippen LogP contribution >= 0.6 is 0 Å². The van der Waals surface area contributed by atoms with Gasteiger partial charge in [0.25, 0.3) is 0 Å². The third-order valence-corrected chi connectivity index (χ3v) is 7.85. The van der Waals surface area contributed by atoms with Crippen molar-refractivity contribution in [1.29, 1.82) is 0 Å². The minimum absolute atomic E-state index is 0.526. The van der Waals surface area contributed by atoms with E-state index in [1.165, 1.54) is 0 Å². The summed E-state index contributed by atoms with van der Waals surface area (Å²) in [6.45, 7) is -1.26. The van der Waals surface area contributed by atoms with E-state index in [4.69, 9.17) is 14.2 Å². The second kappa shape index (κ2) is 9.58. The van der Waals surface area contributed by atoms with Crippen LogP contribution in [0.1, 0.15) is 42.7 Å². The summed E-state index contributed by atoms with van der Waals surface area (Å²) < 4.78 is 15.6. The van der Waals surface area contributed by atoms with Crippen molar-refractivity contribution in [1.82, 2.24) is 0 Å². The van der Waals surface area contributed by atoms with E-state index in [1.807, 2.05) is 0 Å². The largest absolute Gasteiger partial charge is 0.504 e. The van der Waals surface area contributed by atoms with Crippen molar-refractivity contribution < 1.29 is 89.9 Å². The van der Waals surface area contributed by atoms with Gasteiger partial charge in [0.2, 0.25) is 17.2 Å². The fourth-order valence-corrected chi connectivity index (χ4v) is 5.69. The summed E-state index contributed by atoms with van der Waals surface area (Å²) in [5.41, 5.74) is -8.40. The van der Waals surface area contributed by atoms with Crippen LogP contribution in [0.3, 0.4) is 0 Å². The van der Waals surface area contributed by atoms with E-state index in [0.29, 0.717) is 6.07 Å². The van der Waals surface area contributed by atoms with Crippen LogP contribution in [0, 0.1) is 0 Å². The lowest BCUT2D eigenvalue weighted by atomic mass is 9.80. The van der Waals surface area contributed by atoms with Gasteiger partial charge in [0, 0.05) is 27.8 Å². The molecule has 18 heteroatoms. The highest BCUT2D eigenvalue weighted by Gasteiger charge is 2.52. The van der Waals surface area contributed by atoms with Crippen LogP contribution in [0.4, 0.5) is 0 Å². The Labute approximate surface area is 247 Å². The zero-order chi connectivity index (χ0) is 33.0. The van der Waals surface area contributed by atoms with Crippen molar-refractivity contribution in [2.75, 3.05) is 6.61 Å². The molecule has 0 aromatic heterocycles. The molecule has 4 aliphatic heterocycles. The number of ether oxygens (including phenoxy) is 3. The number of carbonyl (C=O) groups excluding carboxylic acids is 3. The predicted molar refractivity (Wildman–Crippen MR) is 138 cm³/mol. The van der Waals surface area contributed by atoms with E-state index in [1.54, 1.807) is 0 Å². The van der Waals surface area contributed by atoms with Crippen LogP contribution in [0.15, 0.2) is 6.07 Å². The van der Waals surface area contributed by atoms with Crippen molar-refractivity contribution >= 4 is 17.9 Å². The van der Waals surface area contributed by atoms with Gasteiger partial charge in [-0.1, -0.05) is 0 Å². The molecule has 0 spiro atoms. The number of esters is 3. The highest BCUT2D eigenvalue weighted by Crippen LogP contribution is 2.61. The van der Waals surface area contributed by atoms with Crippen molar-refractivity contribution in [2.24, 2.45) is 0 Å². The third kappa shape index (κ3) is 3.70. The molecule has 0 fully saturated rings. The lowest BCUT2D eigenvalue weighted by Gasteiger charge is -2.40. The van der Waals surface area contributed by atoms with Gasteiger partial charge in [-0.2, -0.15) is 0 Å². The van der Waals surface area contributed by atoms with Crippen LogP contribution in [-0.4, -0.2) is 110 Å². The number of carbonyl (C=O) groups is 3. The van der Waals surface area contributed by atoms with Gasteiger partial charge < -0.3 is 75.5 Å². The second-order valence-corrected chi connectivity index (χ2v) is 10.2. The average Bonchev–Trinajstić information content (AvgIpc) is 3.00. The van der Waals surface area contributed by atoms with Gasteiger partial charge in [-0.15, -0.1) is 0 Å². The number of aliphatic hydroxyl groups excluding tert-OH is 3. The van der Waals surface area contributed by atoms with Crippen LogP contribution in [0.5, 0.6) is 51.7 Å². The zero-order valence-corrected chi connectivity index (χ0v) is 22.0. The Kier molecular flexibility index (Phi) is 6.22. The SMILES string of the molecule is O=C1OC(CO)C(O)C2OC(=O)c3c(c(O)c(O)c(O)c3-c3c(O)c(O)c(O)c4c3C(=O)OC2C4O)-c2cc1c(O)c(O)c2O. The monoisotopic (exact) mass is 632 g/mol. The third-order valence-electron chi connectivity index (χ3n) is 7.85. The van der Waals surface area contributed by atoms with Gasteiger partial charge in [-0.25, -0.2) is 14.4 Å². The molecule has 4 aliphatic rings. The lowest BCUT2D eigenvalue weighted by molar-refractivity contribution is -0.152. The van der Waals surface area contributed by atoms with E-state index in [-0.39, 0.29) is 0 Å². The minimum atomic E-state index is -2.43. The molecule has 4 heterocycles. The van der Waals surface area contributed by atoms with Gasteiger partial charge >= 0.3 is 17.9 Å². The fourth-order valence-electron chi connectivity index (χ4n) is 5.69. The maximum absolute atomic E-state index is 14.0. The Morgan fingerprint density at radius 2 is 1.00 bits per heavy atom. The van der Waals surface area contributed by atoms with Crippen LogP contribution < -0.4 is 0 Å². The van der Waals surface area contributed by atoms with Crippen molar-refractivity contribution in [3.63, 3.8) is 0 Å². The van der Waals surface area contributed by atoms with E-state index in [0.717, 1.165) is 0 Å². The van der Waals surface area contributed by atoms with Crippen LogP contribution in [-0.2, 0) is 14.2 Å². The van der Waals surface area contributed by atoms with Gasteiger partial charge in [0.1, 0.15) is 17.8 Å². The second-order valence-electron chi connectivity index (χ2n) is 10.2. The van der Waals surface area contributed by atoms with Gasteiger partial charge in [-0.05, 0) is 6.07 Å². The molecule has 0 radical (unpaired) electrons. The summed E-state index contributed by atoms with van der Waals surface area (Å²) in [5.74, 6) is -17.7. The number of rotatable bonds is 1. The molecular formula is C27H20O18. The molecule has 0 aliphatic carbocycles. The first-order valence-corrected chi connectivity index (χ1v) is 12.6. The Balaban J connectivity index is 1.92. The van der Waals surface area contributed by atoms with E-state index < -0.39 is 151 Å². The number of cyclic esters (lactones) is 1. The molecule has 12 N–H and O–H groups in total. The Hall–Kier alpha value is -5.85. The zero-order valence-electron chi connectivity index (χ0n) is 22.0. The molecule has 0 amide bonds. The molecule has 3 aromatic carbocycles. The first kappa shape index (κ1) is 29.2. The number of hydrogen-bond acceptors (Lipinski definition) is 18. The number of fused-ring (bicyclic) bond motifs is 4. The Morgan fingerprint density at radius 1 is 0.511 bits per heavy atom. The minimum Gasteiger partial charge on any atom is -0.504 e. The highest BCUT2D eigenvalue weighted by molar-refractivity contribution is 6.14. The number of phenolic OH excluding ortho intramolecular Hbond substituents is 9. The number of aliphatic hydroxyl groups is 3. The van der Waals surface area contributed by atoms with Crippen LogP contribution in [0.2, 0.25) is 0 Å². The molecule has 18 nitrogen and oxygen atoms in total. The molecule has 8 bridgehead atoms. The smallest absolute Gasteiger partial charge is 0.342 e. The number of phenols is 9. The molecule has 0 saturated heterocycles. The van der Waals surface area contributed by atoms with E-state index >= 15 is 0 Å². The first-order valence-electron chi connectivity index (χ1n) is 12.6. The van der Waals surface area contributed by atoms with E-state index in [9.17, 15) is 75.7 Å². The van der Waals surface area contributed by atoms with Crippen molar-refractivity contribution in [2.45, 2.75) is 30.5 Å². The van der Waals surface area contributed by atoms with Crippen molar-refractivity contribution in [3.8, 4) is 74.0 Å². The maximum atomic E-state index is 14.0. The van der Waals surface area contributed by atoms with Gasteiger partial charge in [-0.3, -0.25) is 0 Å². The standard InChI is InChI=1S/C27H20O18/c28-2-5-14(31)23-24-19(36)11-10(27(42)45-24)8(17(34)22(39)18(11)35)7-9(26(41)44-23)6(15(32)21(38)16(7)33)3-1-4(25(40)43-5)13(30)20(37)12(3)29/h1,5,14,19,23-24,28-39H,2H2. The molecule has 3 aromatic rings. The quantitative estimate of drug-likeness (QED) is 0.0902. The fraction of sp³-hybridized carbons (Fsp3) is 0.222. The normalized spacial score (nSPS) is 23.4. The van der Waals surface area contributed by atoms with Crippen molar-refractivity contribution in [3.05, 3.63) is 28.3 Å². The summed E-state index contributed by atoms with van der Waals surface area (Å²) in [4.78, 5) is 40.6. The molecule has 0 saturated carbocycles. The number of hydrogen-bond donors (Lipinski definition) is 12. The topological polar surface area (TPSA) is 322 Å². The lowest BCUT2D eigenvalue weighted by Crippen LogP contribution is -2.54. The Morgan fingerprint density at radius 3 is 1.62 bits per heavy atom. The molecule has 5 unspecified atom stereocenters. The summed E-state index contributed by atoms with van der Waals surface area (Å²) in [5, 5.41) is 129. The van der Waals surface area contributed by atoms with Gasteiger partial charge in [0.05, 0.1) is 17.7 Å². The summed E-state index contributed by atoms with van der Waals surface area (Å²) in [6.07, 6.45) is -11.5. The summed E-state index contributed by atoms with van der Waals surface area (Å²) in [7, 11) is 0. The molecular weight excluding hydrogens is 612 g/mol. The molecule has 45 heavy (non-hydrogen) atoms. The Bertz CT molecular complexity index is 1880. The van der Waals surface area contributed by atoms with Gasteiger partial charge in [0.15, 0.2) is 52.8 Å². The highest BCUT2D eigenvalue weighted by atomic mass is 16.6. The average molecular weight is 632 g/mol. The summed E-state index contributed by atoms with van der Waals surface area (Å²) in [6, 6.07) is 0.526. The molecule has 5 atom stereocenters. The summed E-state index contributed by atoms with van der Waals surface area (Å²) >= 11 is 0. The molecule has 7 rings (SSSR count). The predicted octanol–water partition coefficient (Wildman–Crippen LogP) is -0.625. The molecule has 236 valence electrons. The number of aromatic hydroxyl groups is 9. The number of benzene rings is 3. The van der Waals surface area contributed by atoms with Crippen LogP contribution in [0.25, 0.3) is 22.3 Å².